The molecule has 0 N–H and O–H groups in total. The first-order valence-corrected chi connectivity index (χ1v) is 7.99. The number of alkyl halides is 3. The zero-order chi connectivity index (χ0) is 15.7. The number of rotatable bonds is 3. The van der Waals surface area contributed by atoms with Crippen molar-refractivity contribution >= 4 is 16.5 Å². The molecule has 1 fully saturated rings. The summed E-state index contributed by atoms with van der Waals surface area (Å²) in [5, 5.41) is 0.475. The van der Waals surface area contributed by atoms with E-state index in [1.54, 1.807) is 6.20 Å². The number of halogens is 3. The maximum absolute atomic E-state index is 12.6. The highest BCUT2D eigenvalue weighted by Gasteiger charge is 2.34. The van der Waals surface area contributed by atoms with Crippen LogP contribution in [0, 0.1) is 5.92 Å². The second kappa shape index (κ2) is 5.91. The summed E-state index contributed by atoms with van der Waals surface area (Å²) in [5.74, 6) is 1.59. The first kappa shape index (κ1) is 15.3. The van der Waals surface area contributed by atoms with Crippen LogP contribution < -0.4 is 4.90 Å². The fraction of sp³-hybridized carbons (Fsp3) is 0.571. The third-order valence-electron chi connectivity index (χ3n) is 4.05. The maximum Gasteiger partial charge on any atom is 0.427 e. The third-order valence-corrected chi connectivity index (χ3v) is 5.15. The van der Waals surface area contributed by atoms with Gasteiger partial charge in [0.05, 0.1) is 6.20 Å². The number of nitrogens with zero attached hydrogens (tertiary/aromatic N) is 4. The minimum Gasteiger partial charge on any atom is -0.348 e. The van der Waals surface area contributed by atoms with Crippen molar-refractivity contribution in [1.82, 2.24) is 14.5 Å². The van der Waals surface area contributed by atoms with Gasteiger partial charge in [-0.05, 0) is 18.8 Å². The van der Waals surface area contributed by atoms with Gasteiger partial charge in [-0.25, -0.2) is 9.97 Å². The van der Waals surface area contributed by atoms with E-state index in [-0.39, 0.29) is 0 Å². The number of anilines is 1. The van der Waals surface area contributed by atoms with Gasteiger partial charge in [0.1, 0.15) is 10.7 Å². The standard InChI is InChI=1S/C14H17F3N4S/c1-20-7-4-18-12(20)8-10-2-5-21(6-3-10)13-19-9-11(22-13)14(15,16)17/h4,7,9-10H,2-3,5-6,8H2,1H3. The molecule has 0 radical (unpaired) electrons. The summed E-state index contributed by atoms with van der Waals surface area (Å²) < 4.78 is 39.9. The number of thiazole rings is 1. The molecular weight excluding hydrogens is 313 g/mol. The molecule has 0 amide bonds. The van der Waals surface area contributed by atoms with Crippen molar-refractivity contribution in [2.24, 2.45) is 13.0 Å². The lowest BCUT2D eigenvalue weighted by Gasteiger charge is -2.31. The lowest BCUT2D eigenvalue weighted by molar-refractivity contribution is -0.134. The molecule has 8 heteroatoms. The van der Waals surface area contributed by atoms with Crippen LogP contribution in [0.25, 0.3) is 0 Å². The average Bonchev–Trinajstić information content (AvgIpc) is 3.09. The van der Waals surface area contributed by atoms with Gasteiger partial charge in [-0.1, -0.05) is 11.3 Å². The van der Waals surface area contributed by atoms with Crippen molar-refractivity contribution < 1.29 is 13.2 Å². The zero-order valence-electron chi connectivity index (χ0n) is 12.2. The molecule has 1 aliphatic rings. The van der Waals surface area contributed by atoms with E-state index < -0.39 is 11.1 Å². The van der Waals surface area contributed by atoms with E-state index in [0.717, 1.165) is 55.7 Å². The van der Waals surface area contributed by atoms with Crippen LogP contribution in [0.15, 0.2) is 18.6 Å². The van der Waals surface area contributed by atoms with Crippen LogP contribution in [0.4, 0.5) is 18.3 Å². The Morgan fingerprint density at radius 1 is 1.27 bits per heavy atom. The number of hydrogen-bond donors (Lipinski definition) is 0. The SMILES string of the molecule is Cn1ccnc1CC1CCN(c2ncc(C(F)(F)F)s2)CC1. The Hall–Kier alpha value is -1.57. The third kappa shape index (κ3) is 3.26. The minimum atomic E-state index is -4.30. The van der Waals surface area contributed by atoms with E-state index >= 15 is 0 Å². The van der Waals surface area contributed by atoms with Crippen molar-refractivity contribution in [2.75, 3.05) is 18.0 Å². The summed E-state index contributed by atoms with van der Waals surface area (Å²) in [6.07, 6.45) is 3.18. The van der Waals surface area contributed by atoms with Crippen LogP contribution in [-0.4, -0.2) is 27.6 Å². The molecule has 2 aromatic rings. The van der Waals surface area contributed by atoms with E-state index in [4.69, 9.17) is 0 Å². The molecule has 22 heavy (non-hydrogen) atoms. The lowest BCUT2D eigenvalue weighted by atomic mass is 9.93. The number of imidazole rings is 1. The predicted molar refractivity (Wildman–Crippen MR) is 79.0 cm³/mol. The Morgan fingerprint density at radius 2 is 2.00 bits per heavy atom. The fourth-order valence-corrected chi connectivity index (χ4v) is 3.56. The molecular formula is C14H17F3N4S. The minimum absolute atomic E-state index is 0.475. The highest BCUT2D eigenvalue weighted by atomic mass is 32.1. The van der Waals surface area contributed by atoms with Gasteiger partial charge in [-0.15, -0.1) is 0 Å². The van der Waals surface area contributed by atoms with Crippen LogP contribution in [-0.2, 0) is 19.6 Å². The molecule has 0 bridgehead atoms. The Balaban J connectivity index is 1.57. The van der Waals surface area contributed by atoms with Gasteiger partial charge in [-0.3, -0.25) is 0 Å². The Bertz CT molecular complexity index is 626. The first-order chi connectivity index (χ1) is 10.4. The van der Waals surface area contributed by atoms with E-state index in [9.17, 15) is 13.2 Å². The van der Waals surface area contributed by atoms with E-state index in [1.807, 2.05) is 22.7 Å². The van der Waals surface area contributed by atoms with E-state index in [1.165, 1.54) is 0 Å². The molecule has 3 heterocycles. The number of hydrogen-bond acceptors (Lipinski definition) is 4. The van der Waals surface area contributed by atoms with Gasteiger partial charge in [0.15, 0.2) is 5.13 Å². The molecule has 120 valence electrons. The summed E-state index contributed by atoms with van der Waals surface area (Å²) in [5.41, 5.74) is 0. The first-order valence-electron chi connectivity index (χ1n) is 7.17. The molecule has 0 saturated carbocycles. The second-order valence-corrected chi connectivity index (χ2v) is 6.60. The van der Waals surface area contributed by atoms with Gasteiger partial charge in [0, 0.05) is 39.0 Å². The summed E-state index contributed by atoms with van der Waals surface area (Å²) in [6, 6.07) is 0. The summed E-state index contributed by atoms with van der Waals surface area (Å²) in [7, 11) is 1.98. The zero-order valence-corrected chi connectivity index (χ0v) is 13.0. The molecule has 0 aliphatic carbocycles. The maximum atomic E-state index is 12.6. The molecule has 4 nitrogen and oxygen atoms in total. The summed E-state index contributed by atoms with van der Waals surface area (Å²) >= 11 is 0.729. The van der Waals surface area contributed by atoms with Gasteiger partial charge in [-0.2, -0.15) is 13.2 Å². The van der Waals surface area contributed by atoms with Crippen LogP contribution >= 0.6 is 11.3 Å². The van der Waals surface area contributed by atoms with Crippen LogP contribution in [0.1, 0.15) is 23.5 Å². The second-order valence-electron chi connectivity index (χ2n) is 5.59. The van der Waals surface area contributed by atoms with Crippen molar-refractivity contribution in [2.45, 2.75) is 25.4 Å². The Kier molecular flexibility index (Phi) is 4.12. The molecule has 1 saturated heterocycles. The monoisotopic (exact) mass is 330 g/mol. The quantitative estimate of drug-likeness (QED) is 0.865. The van der Waals surface area contributed by atoms with Crippen molar-refractivity contribution in [1.29, 1.82) is 0 Å². The van der Waals surface area contributed by atoms with Crippen molar-refractivity contribution in [3.63, 3.8) is 0 Å². The van der Waals surface area contributed by atoms with Crippen LogP contribution in [0.3, 0.4) is 0 Å². The van der Waals surface area contributed by atoms with E-state index in [2.05, 4.69) is 9.97 Å². The highest BCUT2D eigenvalue weighted by molar-refractivity contribution is 7.15. The molecule has 2 aromatic heterocycles. The molecule has 3 rings (SSSR count). The largest absolute Gasteiger partial charge is 0.427 e. The number of aromatic nitrogens is 3. The van der Waals surface area contributed by atoms with Gasteiger partial charge < -0.3 is 9.47 Å². The number of piperidine rings is 1. The lowest BCUT2D eigenvalue weighted by Crippen LogP contribution is -2.34. The topological polar surface area (TPSA) is 34.0 Å². The van der Waals surface area contributed by atoms with Crippen molar-refractivity contribution in [3.8, 4) is 0 Å². The molecule has 0 atom stereocenters. The normalized spacial score (nSPS) is 17.2. The van der Waals surface area contributed by atoms with Gasteiger partial charge >= 0.3 is 6.18 Å². The molecule has 0 unspecified atom stereocenters. The Labute approximate surface area is 130 Å². The molecule has 1 aliphatic heterocycles. The fourth-order valence-electron chi connectivity index (χ4n) is 2.72. The smallest absolute Gasteiger partial charge is 0.348 e. The van der Waals surface area contributed by atoms with Crippen LogP contribution in [0.2, 0.25) is 0 Å². The number of aryl methyl sites for hydroxylation is 1. The Morgan fingerprint density at radius 3 is 2.55 bits per heavy atom. The van der Waals surface area contributed by atoms with Gasteiger partial charge in [0.2, 0.25) is 0 Å². The van der Waals surface area contributed by atoms with Gasteiger partial charge in [0.25, 0.3) is 0 Å². The van der Waals surface area contributed by atoms with Crippen LogP contribution in [0.5, 0.6) is 0 Å². The van der Waals surface area contributed by atoms with E-state index in [0.29, 0.717) is 11.0 Å². The highest BCUT2D eigenvalue weighted by Crippen LogP contribution is 2.37. The summed E-state index contributed by atoms with van der Waals surface area (Å²) in [4.78, 5) is 9.59. The summed E-state index contributed by atoms with van der Waals surface area (Å²) in [6.45, 7) is 1.50. The molecule has 0 aromatic carbocycles. The molecule has 0 spiro atoms. The predicted octanol–water partition coefficient (Wildman–Crippen LogP) is 3.35. The average molecular weight is 330 g/mol. The van der Waals surface area contributed by atoms with Crippen molar-refractivity contribution in [3.05, 3.63) is 29.3 Å².